The van der Waals surface area contributed by atoms with Gasteiger partial charge < -0.3 is 11.1 Å². The summed E-state index contributed by atoms with van der Waals surface area (Å²) in [4.78, 5) is 4.73. The van der Waals surface area contributed by atoms with Crippen LogP contribution in [0.25, 0.3) is 0 Å². The number of hydrogen-bond acceptors (Lipinski definition) is 3. The third-order valence-electron chi connectivity index (χ3n) is 3.05. The van der Waals surface area contributed by atoms with Crippen molar-refractivity contribution in [2.45, 2.75) is 32.2 Å². The van der Waals surface area contributed by atoms with Gasteiger partial charge in [-0.2, -0.15) is 0 Å². The van der Waals surface area contributed by atoms with E-state index in [1.54, 1.807) is 0 Å². The summed E-state index contributed by atoms with van der Waals surface area (Å²) < 4.78 is 0. The molecule has 0 atom stereocenters. The number of hydrogen-bond donors (Lipinski definition) is 2. The summed E-state index contributed by atoms with van der Waals surface area (Å²) in [5.74, 6) is 1.60. The molecule has 0 aliphatic heterocycles. The maximum atomic E-state index is 5.56. The van der Waals surface area contributed by atoms with Gasteiger partial charge in [-0.15, -0.1) is 0 Å². The highest BCUT2D eigenvalue weighted by Crippen LogP contribution is 2.40. The van der Waals surface area contributed by atoms with E-state index in [-0.39, 0.29) is 5.54 Å². The lowest BCUT2D eigenvalue weighted by molar-refractivity contribution is 0.492. The SMILES string of the molecule is CC(C)(Nc1cccc(C(N)=S)n1)C1CC1. The lowest BCUT2D eigenvalue weighted by Gasteiger charge is -2.27. The van der Waals surface area contributed by atoms with Gasteiger partial charge >= 0.3 is 0 Å². The maximum absolute atomic E-state index is 5.56. The Morgan fingerprint density at radius 2 is 2.19 bits per heavy atom. The standard InChI is InChI=1S/C12H17N3S/c1-12(2,8-6-7-8)15-10-5-3-4-9(14-10)11(13)16/h3-5,8H,6-7H2,1-2H3,(H2,13,16)(H,14,15). The van der Waals surface area contributed by atoms with Crippen LogP contribution >= 0.6 is 12.2 Å². The molecule has 1 aromatic rings. The molecule has 1 saturated carbocycles. The molecule has 0 unspecified atom stereocenters. The predicted octanol–water partition coefficient (Wildman–Crippen LogP) is 2.32. The normalized spacial score (nSPS) is 15.9. The Hall–Kier alpha value is -1.16. The molecule has 86 valence electrons. The van der Waals surface area contributed by atoms with Crippen molar-refractivity contribution in [2.75, 3.05) is 5.32 Å². The Kier molecular flexibility index (Phi) is 2.84. The van der Waals surface area contributed by atoms with Crippen LogP contribution in [0.4, 0.5) is 5.82 Å². The van der Waals surface area contributed by atoms with Crippen molar-refractivity contribution in [3.63, 3.8) is 0 Å². The van der Waals surface area contributed by atoms with Crippen LogP contribution in [0.3, 0.4) is 0 Å². The second kappa shape index (κ2) is 4.01. The van der Waals surface area contributed by atoms with Crippen LogP contribution in [0, 0.1) is 5.92 Å². The Morgan fingerprint density at radius 3 is 2.75 bits per heavy atom. The summed E-state index contributed by atoms with van der Waals surface area (Å²) in [6, 6.07) is 5.70. The van der Waals surface area contributed by atoms with Crippen molar-refractivity contribution in [1.29, 1.82) is 0 Å². The van der Waals surface area contributed by atoms with E-state index < -0.39 is 0 Å². The highest BCUT2D eigenvalue weighted by atomic mass is 32.1. The Bertz CT molecular complexity index is 410. The Labute approximate surface area is 101 Å². The first-order valence-electron chi connectivity index (χ1n) is 5.54. The van der Waals surface area contributed by atoms with Gasteiger partial charge in [0.15, 0.2) is 0 Å². The average Bonchev–Trinajstić information content (AvgIpc) is 3.00. The number of aromatic nitrogens is 1. The van der Waals surface area contributed by atoms with Crippen LogP contribution in [-0.4, -0.2) is 15.5 Å². The second-order valence-corrected chi connectivity index (χ2v) is 5.33. The number of anilines is 1. The fourth-order valence-corrected chi connectivity index (χ4v) is 1.99. The summed E-state index contributed by atoms with van der Waals surface area (Å²) in [6.07, 6.45) is 2.60. The van der Waals surface area contributed by atoms with Crippen LogP contribution in [0.1, 0.15) is 32.4 Å². The van der Waals surface area contributed by atoms with Crippen molar-refractivity contribution in [3.8, 4) is 0 Å². The molecule has 3 nitrogen and oxygen atoms in total. The third-order valence-corrected chi connectivity index (χ3v) is 3.26. The van der Waals surface area contributed by atoms with Crippen molar-refractivity contribution < 1.29 is 0 Å². The van der Waals surface area contributed by atoms with E-state index in [0.29, 0.717) is 10.7 Å². The zero-order valence-electron chi connectivity index (χ0n) is 9.66. The van der Waals surface area contributed by atoms with Gasteiger partial charge in [0.1, 0.15) is 10.8 Å². The summed E-state index contributed by atoms with van der Waals surface area (Å²) in [5.41, 5.74) is 6.33. The van der Waals surface area contributed by atoms with Crippen LogP contribution in [-0.2, 0) is 0 Å². The van der Waals surface area contributed by atoms with Gasteiger partial charge in [0, 0.05) is 5.54 Å². The monoisotopic (exact) mass is 235 g/mol. The first-order chi connectivity index (χ1) is 7.49. The number of thiocarbonyl (C=S) groups is 1. The molecule has 3 N–H and O–H groups in total. The smallest absolute Gasteiger partial charge is 0.127 e. The van der Waals surface area contributed by atoms with Gasteiger partial charge in [-0.25, -0.2) is 4.98 Å². The minimum absolute atomic E-state index is 0.0990. The quantitative estimate of drug-likeness (QED) is 0.786. The first kappa shape index (κ1) is 11.3. The van der Waals surface area contributed by atoms with Crippen molar-refractivity contribution >= 4 is 23.0 Å². The largest absolute Gasteiger partial charge is 0.388 e. The van der Waals surface area contributed by atoms with E-state index in [4.69, 9.17) is 18.0 Å². The molecule has 1 fully saturated rings. The molecule has 0 aromatic carbocycles. The van der Waals surface area contributed by atoms with Gasteiger partial charge in [-0.05, 0) is 44.7 Å². The second-order valence-electron chi connectivity index (χ2n) is 4.89. The molecular weight excluding hydrogens is 218 g/mol. The molecule has 1 heterocycles. The molecule has 4 heteroatoms. The number of nitrogens with two attached hydrogens (primary N) is 1. The molecule has 1 aliphatic rings. The Balaban J connectivity index is 2.14. The molecule has 16 heavy (non-hydrogen) atoms. The maximum Gasteiger partial charge on any atom is 0.127 e. The van der Waals surface area contributed by atoms with Crippen molar-refractivity contribution in [2.24, 2.45) is 11.7 Å². The third kappa shape index (κ3) is 2.50. The molecular formula is C12H17N3S. The predicted molar refractivity (Wildman–Crippen MR) is 70.6 cm³/mol. The Morgan fingerprint density at radius 1 is 1.50 bits per heavy atom. The van der Waals surface area contributed by atoms with Gasteiger partial charge in [0.25, 0.3) is 0 Å². The fraction of sp³-hybridized carbons (Fsp3) is 0.500. The van der Waals surface area contributed by atoms with Crippen LogP contribution in [0.15, 0.2) is 18.2 Å². The summed E-state index contributed by atoms with van der Waals surface area (Å²) in [7, 11) is 0. The van der Waals surface area contributed by atoms with Crippen LogP contribution in [0.2, 0.25) is 0 Å². The molecule has 0 bridgehead atoms. The fourth-order valence-electron chi connectivity index (χ4n) is 1.88. The van der Waals surface area contributed by atoms with E-state index in [9.17, 15) is 0 Å². The number of nitrogens with one attached hydrogen (secondary N) is 1. The van der Waals surface area contributed by atoms with Gasteiger partial charge in [0.2, 0.25) is 0 Å². The van der Waals surface area contributed by atoms with E-state index in [1.807, 2.05) is 18.2 Å². The zero-order chi connectivity index (χ0) is 11.8. The number of nitrogens with zero attached hydrogens (tertiary/aromatic N) is 1. The number of rotatable bonds is 4. The zero-order valence-corrected chi connectivity index (χ0v) is 10.5. The summed E-state index contributed by atoms with van der Waals surface area (Å²) >= 11 is 4.91. The van der Waals surface area contributed by atoms with Gasteiger partial charge in [-0.1, -0.05) is 18.3 Å². The highest BCUT2D eigenvalue weighted by molar-refractivity contribution is 7.80. The van der Waals surface area contributed by atoms with Gasteiger partial charge in [0.05, 0.1) is 5.69 Å². The van der Waals surface area contributed by atoms with E-state index in [0.717, 1.165) is 11.7 Å². The first-order valence-corrected chi connectivity index (χ1v) is 5.95. The molecule has 1 aromatic heterocycles. The van der Waals surface area contributed by atoms with E-state index >= 15 is 0 Å². The number of pyridine rings is 1. The topological polar surface area (TPSA) is 50.9 Å². The van der Waals surface area contributed by atoms with Gasteiger partial charge in [-0.3, -0.25) is 0 Å². The van der Waals surface area contributed by atoms with E-state index in [1.165, 1.54) is 12.8 Å². The molecule has 0 spiro atoms. The van der Waals surface area contributed by atoms with Crippen LogP contribution < -0.4 is 11.1 Å². The lowest BCUT2D eigenvalue weighted by atomic mass is 9.99. The summed E-state index contributed by atoms with van der Waals surface area (Å²) in [6.45, 7) is 4.42. The highest BCUT2D eigenvalue weighted by Gasteiger charge is 2.37. The average molecular weight is 235 g/mol. The van der Waals surface area contributed by atoms with Crippen LogP contribution in [0.5, 0.6) is 0 Å². The van der Waals surface area contributed by atoms with Crippen molar-refractivity contribution in [3.05, 3.63) is 23.9 Å². The molecule has 0 amide bonds. The molecule has 2 rings (SSSR count). The molecule has 0 saturated heterocycles. The van der Waals surface area contributed by atoms with Crippen molar-refractivity contribution in [1.82, 2.24) is 4.98 Å². The molecule has 0 radical (unpaired) electrons. The van der Waals surface area contributed by atoms with E-state index in [2.05, 4.69) is 24.1 Å². The minimum atomic E-state index is 0.0990. The molecule has 1 aliphatic carbocycles. The minimum Gasteiger partial charge on any atom is -0.388 e. The lowest BCUT2D eigenvalue weighted by Crippen LogP contribution is -2.33. The summed E-state index contributed by atoms with van der Waals surface area (Å²) in [5, 5.41) is 3.45.